The standard InChI is InChI=1S/C12H13BrN2O/c13-12-6-10(4-3-9(12)7-14)15-5-1-2-11(15)8-16/h3-4,6,11,16H,1-2,5,8H2. The highest BCUT2D eigenvalue weighted by atomic mass is 79.9. The van der Waals surface area contributed by atoms with Crippen LogP contribution in [0.5, 0.6) is 0 Å². The van der Waals surface area contributed by atoms with Crippen molar-refractivity contribution >= 4 is 21.6 Å². The van der Waals surface area contributed by atoms with Crippen molar-refractivity contribution < 1.29 is 5.11 Å². The Morgan fingerprint density at radius 2 is 2.38 bits per heavy atom. The topological polar surface area (TPSA) is 47.3 Å². The lowest BCUT2D eigenvalue weighted by Gasteiger charge is -2.25. The van der Waals surface area contributed by atoms with Crippen LogP contribution in [-0.4, -0.2) is 24.3 Å². The number of anilines is 1. The minimum absolute atomic E-state index is 0.192. The molecular weight excluding hydrogens is 268 g/mol. The smallest absolute Gasteiger partial charge is 0.100 e. The van der Waals surface area contributed by atoms with Crippen LogP contribution < -0.4 is 4.90 Å². The molecule has 1 aliphatic rings. The largest absolute Gasteiger partial charge is 0.394 e. The van der Waals surface area contributed by atoms with E-state index < -0.39 is 0 Å². The second kappa shape index (κ2) is 4.86. The third-order valence-electron chi connectivity index (χ3n) is 2.99. The number of aliphatic hydroxyl groups excluding tert-OH is 1. The van der Waals surface area contributed by atoms with Gasteiger partial charge in [0.1, 0.15) is 6.07 Å². The zero-order valence-corrected chi connectivity index (χ0v) is 10.4. The van der Waals surface area contributed by atoms with Crippen molar-refractivity contribution in [3.63, 3.8) is 0 Å². The van der Waals surface area contributed by atoms with E-state index in [0.717, 1.165) is 29.5 Å². The summed E-state index contributed by atoms with van der Waals surface area (Å²) in [7, 11) is 0. The second-order valence-electron chi connectivity index (χ2n) is 3.95. The Morgan fingerprint density at radius 3 is 3.00 bits per heavy atom. The first kappa shape index (κ1) is 11.4. The number of rotatable bonds is 2. The Balaban J connectivity index is 2.28. The lowest BCUT2D eigenvalue weighted by atomic mass is 10.2. The van der Waals surface area contributed by atoms with Crippen molar-refractivity contribution in [2.45, 2.75) is 18.9 Å². The molecular formula is C12H13BrN2O. The molecule has 4 heteroatoms. The minimum atomic E-state index is 0.192. The van der Waals surface area contributed by atoms with Crippen molar-refractivity contribution in [3.05, 3.63) is 28.2 Å². The van der Waals surface area contributed by atoms with Crippen LogP contribution >= 0.6 is 15.9 Å². The van der Waals surface area contributed by atoms with Crippen molar-refractivity contribution in [1.82, 2.24) is 0 Å². The van der Waals surface area contributed by atoms with Crippen LogP contribution in [0.15, 0.2) is 22.7 Å². The third-order valence-corrected chi connectivity index (χ3v) is 3.65. The van der Waals surface area contributed by atoms with Gasteiger partial charge < -0.3 is 10.0 Å². The highest BCUT2D eigenvalue weighted by molar-refractivity contribution is 9.10. The number of nitriles is 1. The Morgan fingerprint density at radius 1 is 1.56 bits per heavy atom. The van der Waals surface area contributed by atoms with Crippen LogP contribution in [0.1, 0.15) is 18.4 Å². The van der Waals surface area contributed by atoms with Gasteiger partial charge in [0.2, 0.25) is 0 Å². The molecule has 3 nitrogen and oxygen atoms in total. The first-order valence-electron chi connectivity index (χ1n) is 5.33. The van der Waals surface area contributed by atoms with Gasteiger partial charge in [0.05, 0.1) is 18.2 Å². The monoisotopic (exact) mass is 280 g/mol. The van der Waals surface area contributed by atoms with E-state index in [9.17, 15) is 5.11 Å². The molecule has 0 bridgehead atoms. The molecule has 1 unspecified atom stereocenters. The van der Waals surface area contributed by atoms with Crippen molar-refractivity contribution in [2.24, 2.45) is 0 Å². The van der Waals surface area contributed by atoms with Gasteiger partial charge in [0, 0.05) is 16.7 Å². The maximum atomic E-state index is 9.26. The first-order valence-corrected chi connectivity index (χ1v) is 6.12. The lowest BCUT2D eigenvalue weighted by molar-refractivity contribution is 0.266. The molecule has 1 aromatic carbocycles. The number of hydrogen-bond donors (Lipinski definition) is 1. The van der Waals surface area contributed by atoms with E-state index in [-0.39, 0.29) is 12.6 Å². The van der Waals surface area contributed by atoms with Crippen molar-refractivity contribution in [2.75, 3.05) is 18.1 Å². The fraction of sp³-hybridized carbons (Fsp3) is 0.417. The molecule has 1 fully saturated rings. The van der Waals surface area contributed by atoms with E-state index in [1.807, 2.05) is 18.2 Å². The summed E-state index contributed by atoms with van der Waals surface area (Å²) in [5, 5.41) is 18.1. The number of aliphatic hydroxyl groups is 1. The van der Waals surface area contributed by atoms with Gasteiger partial charge in [0.25, 0.3) is 0 Å². The summed E-state index contributed by atoms with van der Waals surface area (Å²) in [5.41, 5.74) is 1.71. The fourth-order valence-corrected chi connectivity index (χ4v) is 2.59. The van der Waals surface area contributed by atoms with Crippen LogP contribution in [0.25, 0.3) is 0 Å². The summed E-state index contributed by atoms with van der Waals surface area (Å²) in [5.74, 6) is 0. The van der Waals surface area contributed by atoms with Crippen LogP contribution in [0.4, 0.5) is 5.69 Å². The number of halogens is 1. The molecule has 16 heavy (non-hydrogen) atoms. The molecule has 1 atom stereocenters. The maximum Gasteiger partial charge on any atom is 0.100 e. The minimum Gasteiger partial charge on any atom is -0.394 e. The normalized spacial score (nSPS) is 19.8. The van der Waals surface area contributed by atoms with Gasteiger partial charge in [-0.3, -0.25) is 0 Å². The summed E-state index contributed by atoms with van der Waals surface area (Å²) in [4.78, 5) is 2.20. The van der Waals surface area contributed by atoms with Gasteiger partial charge in [-0.25, -0.2) is 0 Å². The predicted octanol–water partition coefficient (Wildman–Crippen LogP) is 2.28. The Bertz CT molecular complexity index is 428. The SMILES string of the molecule is N#Cc1ccc(N2CCCC2CO)cc1Br. The van der Waals surface area contributed by atoms with Crippen LogP contribution in [0, 0.1) is 11.3 Å². The fourth-order valence-electron chi connectivity index (χ4n) is 2.14. The summed E-state index contributed by atoms with van der Waals surface area (Å²) in [6.45, 7) is 1.17. The van der Waals surface area contributed by atoms with E-state index >= 15 is 0 Å². The average molecular weight is 281 g/mol. The van der Waals surface area contributed by atoms with E-state index in [1.165, 1.54) is 0 Å². The molecule has 2 rings (SSSR count). The molecule has 1 saturated heterocycles. The average Bonchev–Trinajstić information content (AvgIpc) is 2.77. The van der Waals surface area contributed by atoms with E-state index in [4.69, 9.17) is 5.26 Å². The summed E-state index contributed by atoms with van der Waals surface area (Å²) < 4.78 is 0.816. The Hall–Kier alpha value is -1.05. The van der Waals surface area contributed by atoms with Gasteiger partial charge in [-0.2, -0.15) is 5.26 Å². The Kier molecular flexibility index (Phi) is 3.47. The van der Waals surface area contributed by atoms with Crippen molar-refractivity contribution in [3.8, 4) is 6.07 Å². The maximum absolute atomic E-state index is 9.26. The zero-order valence-electron chi connectivity index (χ0n) is 8.86. The molecule has 1 N–H and O–H groups in total. The van der Waals surface area contributed by atoms with E-state index in [1.54, 1.807) is 0 Å². The zero-order chi connectivity index (χ0) is 11.5. The van der Waals surface area contributed by atoms with Crippen LogP contribution in [0.3, 0.4) is 0 Å². The highest BCUT2D eigenvalue weighted by Gasteiger charge is 2.24. The molecule has 0 saturated carbocycles. The molecule has 1 aromatic rings. The quantitative estimate of drug-likeness (QED) is 0.904. The second-order valence-corrected chi connectivity index (χ2v) is 4.80. The van der Waals surface area contributed by atoms with Crippen molar-refractivity contribution in [1.29, 1.82) is 5.26 Å². The van der Waals surface area contributed by atoms with Gasteiger partial charge >= 0.3 is 0 Å². The molecule has 84 valence electrons. The predicted molar refractivity (Wildman–Crippen MR) is 66.3 cm³/mol. The van der Waals surface area contributed by atoms with Crippen LogP contribution in [-0.2, 0) is 0 Å². The Labute approximate surface area is 103 Å². The third kappa shape index (κ3) is 2.06. The lowest BCUT2D eigenvalue weighted by Crippen LogP contribution is -2.31. The highest BCUT2D eigenvalue weighted by Crippen LogP contribution is 2.29. The molecule has 0 aromatic heterocycles. The van der Waals surface area contributed by atoms with Gasteiger partial charge in [-0.15, -0.1) is 0 Å². The van der Waals surface area contributed by atoms with E-state index in [0.29, 0.717) is 5.56 Å². The first-order chi connectivity index (χ1) is 7.76. The number of benzene rings is 1. The molecule has 1 aliphatic heterocycles. The summed E-state index contributed by atoms with van der Waals surface area (Å²) >= 11 is 3.38. The summed E-state index contributed by atoms with van der Waals surface area (Å²) in [6, 6.07) is 8.05. The molecule has 0 aliphatic carbocycles. The van der Waals surface area contributed by atoms with E-state index in [2.05, 4.69) is 26.9 Å². The van der Waals surface area contributed by atoms with Gasteiger partial charge in [-0.1, -0.05) is 0 Å². The number of nitrogens with zero attached hydrogens (tertiary/aromatic N) is 2. The molecule has 0 spiro atoms. The number of hydrogen-bond acceptors (Lipinski definition) is 3. The van der Waals surface area contributed by atoms with Crippen LogP contribution in [0.2, 0.25) is 0 Å². The molecule has 0 amide bonds. The molecule has 0 radical (unpaired) electrons. The van der Waals surface area contributed by atoms with Gasteiger partial charge in [-0.05, 0) is 47.0 Å². The summed E-state index contributed by atoms with van der Waals surface area (Å²) in [6.07, 6.45) is 2.15. The van der Waals surface area contributed by atoms with Gasteiger partial charge in [0.15, 0.2) is 0 Å². The molecule has 1 heterocycles.